The van der Waals surface area contributed by atoms with Crippen LogP contribution in [0.3, 0.4) is 0 Å². The van der Waals surface area contributed by atoms with E-state index in [0.717, 1.165) is 18.1 Å². The molecular weight excluding hydrogens is 284 g/mol. The molecule has 1 aliphatic rings. The molecule has 0 aliphatic heterocycles. The maximum absolute atomic E-state index is 12.0. The fourth-order valence-corrected chi connectivity index (χ4v) is 4.09. The van der Waals surface area contributed by atoms with Crippen LogP contribution in [0.2, 0.25) is 0 Å². The third-order valence-corrected chi connectivity index (χ3v) is 6.03. The molecule has 8 heteroatoms. The molecule has 0 radical (unpaired) electrons. The highest BCUT2D eigenvalue weighted by atomic mass is 32.2. The van der Waals surface area contributed by atoms with Gasteiger partial charge in [-0.05, 0) is 31.4 Å². The predicted molar refractivity (Wildman–Crippen MR) is 78.4 cm³/mol. The Morgan fingerprint density at radius 1 is 1.53 bits per heavy atom. The van der Waals surface area contributed by atoms with Crippen LogP contribution in [0.4, 0.5) is 10.8 Å². The van der Waals surface area contributed by atoms with Gasteiger partial charge in [0.1, 0.15) is 9.90 Å². The van der Waals surface area contributed by atoms with E-state index in [1.807, 2.05) is 0 Å². The molecule has 0 aromatic carbocycles. The van der Waals surface area contributed by atoms with Crippen molar-refractivity contribution in [3.8, 4) is 0 Å². The third-order valence-electron chi connectivity index (χ3n) is 3.29. The van der Waals surface area contributed by atoms with Crippen LogP contribution in [-0.4, -0.2) is 49.6 Å². The largest absolute Gasteiger partial charge is 0.382 e. The van der Waals surface area contributed by atoms with Gasteiger partial charge in [0.05, 0.1) is 5.75 Å². The zero-order valence-electron chi connectivity index (χ0n) is 11.2. The van der Waals surface area contributed by atoms with Gasteiger partial charge in [-0.1, -0.05) is 6.92 Å². The minimum Gasteiger partial charge on any atom is -0.382 e. The fraction of sp³-hybridized carbons (Fsp3) is 0.727. The van der Waals surface area contributed by atoms with Crippen molar-refractivity contribution in [3.05, 3.63) is 0 Å². The van der Waals surface area contributed by atoms with Crippen molar-refractivity contribution in [3.63, 3.8) is 0 Å². The Bertz CT molecular complexity index is 537. The monoisotopic (exact) mass is 304 g/mol. The topological polar surface area (TPSA) is 88.3 Å². The van der Waals surface area contributed by atoms with E-state index in [2.05, 4.69) is 21.6 Å². The van der Waals surface area contributed by atoms with E-state index in [4.69, 9.17) is 5.73 Å². The summed E-state index contributed by atoms with van der Waals surface area (Å²) in [6.45, 7) is 3.19. The molecular formula is C11H20N4O2S2. The highest BCUT2D eigenvalue weighted by Crippen LogP contribution is 2.32. The van der Waals surface area contributed by atoms with E-state index in [9.17, 15) is 8.42 Å². The first-order chi connectivity index (χ1) is 8.95. The summed E-state index contributed by atoms with van der Waals surface area (Å²) in [6, 6.07) is 0.701. The molecule has 3 N–H and O–H groups in total. The summed E-state index contributed by atoms with van der Waals surface area (Å²) in [7, 11) is -1.24. The summed E-state index contributed by atoms with van der Waals surface area (Å²) in [6.07, 6.45) is 2.53. The minimum absolute atomic E-state index is 0.0340. The van der Waals surface area contributed by atoms with Gasteiger partial charge in [-0.15, -0.1) is 0 Å². The minimum atomic E-state index is -3.32. The average molecular weight is 304 g/mol. The third kappa shape index (κ3) is 3.37. The second-order valence-corrected chi connectivity index (χ2v) is 7.76. The number of nitrogens with two attached hydrogens (primary N) is 1. The lowest BCUT2D eigenvalue weighted by molar-refractivity contribution is 0.337. The van der Waals surface area contributed by atoms with E-state index < -0.39 is 9.84 Å². The zero-order chi connectivity index (χ0) is 14.0. The van der Waals surface area contributed by atoms with Gasteiger partial charge in [-0.25, -0.2) is 8.42 Å². The Kier molecular flexibility index (Phi) is 4.32. The van der Waals surface area contributed by atoms with Crippen LogP contribution in [-0.2, 0) is 9.84 Å². The highest BCUT2D eigenvalue weighted by molar-refractivity contribution is 7.91. The standard InChI is InChI=1S/C11H20N4O2S2/c1-3-19(16,17)9-10(12)14-18-11(9)13-6-7-15(2)8-4-5-8/h8,13H,3-7H2,1-2H3,(H2,12,14). The Morgan fingerprint density at radius 3 is 2.79 bits per heavy atom. The summed E-state index contributed by atoms with van der Waals surface area (Å²) >= 11 is 1.11. The van der Waals surface area contributed by atoms with Gasteiger partial charge >= 0.3 is 0 Å². The molecule has 0 saturated heterocycles. The number of hydrogen-bond donors (Lipinski definition) is 2. The van der Waals surface area contributed by atoms with E-state index >= 15 is 0 Å². The number of likely N-dealkylation sites (N-methyl/N-ethyl adjacent to an activating group) is 1. The predicted octanol–water partition coefficient (Wildman–Crippen LogP) is 1.02. The number of anilines is 2. The van der Waals surface area contributed by atoms with Gasteiger partial charge in [0.25, 0.3) is 0 Å². The smallest absolute Gasteiger partial charge is 0.184 e. The molecule has 0 atom stereocenters. The van der Waals surface area contributed by atoms with Crippen LogP contribution >= 0.6 is 11.5 Å². The molecule has 0 bridgehead atoms. The number of nitrogen functional groups attached to an aromatic ring is 1. The molecule has 1 saturated carbocycles. The molecule has 1 aromatic heterocycles. The molecule has 1 aliphatic carbocycles. The lowest BCUT2D eigenvalue weighted by Crippen LogP contribution is -2.27. The van der Waals surface area contributed by atoms with Crippen molar-refractivity contribution in [1.29, 1.82) is 0 Å². The van der Waals surface area contributed by atoms with Crippen LogP contribution in [0.1, 0.15) is 19.8 Å². The Morgan fingerprint density at radius 2 is 2.21 bits per heavy atom. The molecule has 19 heavy (non-hydrogen) atoms. The molecule has 1 heterocycles. The summed E-state index contributed by atoms with van der Waals surface area (Å²) in [4.78, 5) is 2.44. The lowest BCUT2D eigenvalue weighted by atomic mass is 10.5. The molecule has 108 valence electrons. The maximum Gasteiger partial charge on any atom is 0.184 e. The Hall–Kier alpha value is -0.860. The van der Waals surface area contributed by atoms with Gasteiger partial charge in [0, 0.05) is 19.1 Å². The summed E-state index contributed by atoms with van der Waals surface area (Å²) < 4.78 is 27.9. The van der Waals surface area contributed by atoms with Crippen molar-refractivity contribution in [2.75, 3.05) is 36.9 Å². The first-order valence-electron chi connectivity index (χ1n) is 6.37. The molecule has 0 spiro atoms. The number of nitrogens with zero attached hydrogens (tertiary/aromatic N) is 2. The average Bonchev–Trinajstić information content (AvgIpc) is 3.14. The van der Waals surface area contributed by atoms with E-state index in [-0.39, 0.29) is 16.5 Å². The molecule has 1 aromatic rings. The fourth-order valence-electron chi connectivity index (χ4n) is 1.90. The summed E-state index contributed by atoms with van der Waals surface area (Å²) in [5, 5.41) is 3.70. The van der Waals surface area contributed by atoms with E-state index in [1.54, 1.807) is 6.92 Å². The van der Waals surface area contributed by atoms with Gasteiger partial charge < -0.3 is 16.0 Å². The molecule has 2 rings (SSSR count). The Labute approximate surface area is 118 Å². The molecule has 1 fully saturated rings. The van der Waals surface area contributed by atoms with Gasteiger partial charge in [0.15, 0.2) is 15.7 Å². The molecule has 0 unspecified atom stereocenters. The molecule has 0 amide bonds. The van der Waals surface area contributed by atoms with Crippen molar-refractivity contribution in [1.82, 2.24) is 9.27 Å². The SMILES string of the molecule is CCS(=O)(=O)c1c(N)nsc1NCCN(C)C1CC1. The second-order valence-electron chi connectivity index (χ2n) is 4.77. The number of hydrogen-bond acceptors (Lipinski definition) is 7. The second kappa shape index (κ2) is 5.64. The number of sulfone groups is 1. The van der Waals surface area contributed by atoms with Crippen LogP contribution in [0.25, 0.3) is 0 Å². The van der Waals surface area contributed by atoms with Gasteiger partial charge in [-0.2, -0.15) is 4.37 Å². The summed E-state index contributed by atoms with van der Waals surface area (Å²) in [5.41, 5.74) is 5.66. The number of aromatic nitrogens is 1. The normalized spacial score (nSPS) is 15.9. The van der Waals surface area contributed by atoms with Crippen LogP contribution in [0, 0.1) is 0 Å². The van der Waals surface area contributed by atoms with E-state index in [1.165, 1.54) is 12.8 Å². The quantitative estimate of drug-likeness (QED) is 0.782. The highest BCUT2D eigenvalue weighted by Gasteiger charge is 2.26. The zero-order valence-corrected chi connectivity index (χ0v) is 12.9. The van der Waals surface area contributed by atoms with Crippen LogP contribution in [0.15, 0.2) is 4.90 Å². The lowest BCUT2D eigenvalue weighted by Gasteiger charge is -2.16. The number of nitrogens with one attached hydrogen (secondary N) is 1. The van der Waals surface area contributed by atoms with Gasteiger partial charge in [0.2, 0.25) is 0 Å². The van der Waals surface area contributed by atoms with Gasteiger partial charge in [-0.3, -0.25) is 0 Å². The summed E-state index contributed by atoms with van der Waals surface area (Å²) in [5.74, 6) is 0.136. The van der Waals surface area contributed by atoms with Crippen molar-refractivity contribution < 1.29 is 8.42 Å². The van der Waals surface area contributed by atoms with E-state index in [0.29, 0.717) is 17.6 Å². The van der Waals surface area contributed by atoms with Crippen molar-refractivity contribution in [2.45, 2.75) is 30.7 Å². The first kappa shape index (κ1) is 14.5. The molecule has 6 nitrogen and oxygen atoms in total. The Balaban J connectivity index is 2.00. The first-order valence-corrected chi connectivity index (χ1v) is 8.80. The van der Waals surface area contributed by atoms with Crippen molar-refractivity contribution in [2.24, 2.45) is 0 Å². The van der Waals surface area contributed by atoms with Crippen LogP contribution < -0.4 is 11.1 Å². The number of rotatable bonds is 7. The maximum atomic E-state index is 12.0. The van der Waals surface area contributed by atoms with Crippen LogP contribution in [0.5, 0.6) is 0 Å². The van der Waals surface area contributed by atoms with Crippen molar-refractivity contribution >= 4 is 32.2 Å².